The smallest absolute Gasteiger partial charge is 0.277 e. The second-order valence-electron chi connectivity index (χ2n) is 4.97. The quantitative estimate of drug-likeness (QED) is 0.537. The van der Waals surface area contributed by atoms with Crippen LogP contribution in [0.5, 0.6) is 11.5 Å². The summed E-state index contributed by atoms with van der Waals surface area (Å²) in [5.74, 6) is 0.628. The molecule has 1 aromatic carbocycles. The van der Waals surface area contributed by atoms with E-state index >= 15 is 0 Å². The van der Waals surface area contributed by atoms with Crippen LogP contribution in [-0.4, -0.2) is 43.0 Å². The number of halogens is 2. The van der Waals surface area contributed by atoms with Crippen molar-refractivity contribution in [3.63, 3.8) is 0 Å². The monoisotopic (exact) mass is 405 g/mol. The van der Waals surface area contributed by atoms with E-state index in [1.807, 2.05) is 19.1 Å². The van der Waals surface area contributed by atoms with Crippen molar-refractivity contribution in [3.8, 4) is 11.5 Å². The minimum absolute atomic E-state index is 0. The number of nitrogens with zero attached hydrogens (tertiary/aromatic N) is 2. The zero-order valence-electron chi connectivity index (χ0n) is 14.4. The standard InChI is InChI=1S/C15H20ClN5O4.ClH/c1-3-24-13-10(16)6-9(7-11(13)23-2)8-18-4-5-19-15(22)12-14(17)21-25-20-12;/h6-7,18H,3-5,8H2,1-2H3,(H2,17,21)(H,19,22);1H. The number of amides is 1. The molecule has 0 aliphatic rings. The number of nitrogens with one attached hydrogen (secondary N) is 2. The fourth-order valence-corrected chi connectivity index (χ4v) is 2.38. The van der Waals surface area contributed by atoms with E-state index in [4.69, 9.17) is 26.8 Å². The highest BCUT2D eigenvalue weighted by molar-refractivity contribution is 6.32. The van der Waals surface area contributed by atoms with Gasteiger partial charge in [-0.15, -0.1) is 12.4 Å². The number of hydrogen-bond acceptors (Lipinski definition) is 8. The Balaban J connectivity index is 0.00000338. The van der Waals surface area contributed by atoms with E-state index in [2.05, 4.69) is 25.6 Å². The van der Waals surface area contributed by atoms with Crippen LogP contribution in [0, 0.1) is 0 Å². The van der Waals surface area contributed by atoms with Crippen molar-refractivity contribution in [1.29, 1.82) is 0 Å². The molecule has 26 heavy (non-hydrogen) atoms. The highest BCUT2D eigenvalue weighted by Gasteiger charge is 2.15. The summed E-state index contributed by atoms with van der Waals surface area (Å²) in [6.45, 7) is 3.84. The molecule has 2 aromatic rings. The van der Waals surface area contributed by atoms with Gasteiger partial charge < -0.3 is 25.8 Å². The van der Waals surface area contributed by atoms with E-state index in [1.165, 1.54) is 0 Å². The first-order valence-corrected chi connectivity index (χ1v) is 8.00. The van der Waals surface area contributed by atoms with Crippen LogP contribution >= 0.6 is 24.0 Å². The van der Waals surface area contributed by atoms with Crippen LogP contribution in [0.15, 0.2) is 16.8 Å². The molecule has 0 atom stereocenters. The summed E-state index contributed by atoms with van der Waals surface area (Å²) in [4.78, 5) is 11.8. The molecule has 144 valence electrons. The van der Waals surface area contributed by atoms with Crippen LogP contribution in [0.3, 0.4) is 0 Å². The lowest BCUT2D eigenvalue weighted by atomic mass is 10.2. The number of methoxy groups -OCH3 is 1. The van der Waals surface area contributed by atoms with Crippen molar-refractivity contribution in [2.75, 3.05) is 32.5 Å². The van der Waals surface area contributed by atoms with Gasteiger partial charge in [-0.3, -0.25) is 4.79 Å². The van der Waals surface area contributed by atoms with Gasteiger partial charge in [0.25, 0.3) is 5.91 Å². The van der Waals surface area contributed by atoms with Gasteiger partial charge in [0, 0.05) is 19.6 Å². The second kappa shape index (κ2) is 10.7. The number of carbonyl (C=O) groups is 1. The van der Waals surface area contributed by atoms with Gasteiger partial charge in [-0.25, -0.2) is 4.63 Å². The molecule has 4 N–H and O–H groups in total. The molecular weight excluding hydrogens is 385 g/mol. The Labute approximate surface area is 161 Å². The second-order valence-corrected chi connectivity index (χ2v) is 5.38. The third-order valence-electron chi connectivity index (χ3n) is 3.22. The van der Waals surface area contributed by atoms with E-state index < -0.39 is 5.91 Å². The van der Waals surface area contributed by atoms with Gasteiger partial charge in [0.1, 0.15) is 0 Å². The predicted octanol–water partition coefficient (Wildman–Crippen LogP) is 1.65. The summed E-state index contributed by atoms with van der Waals surface area (Å²) < 4.78 is 15.2. The number of hydrogen-bond donors (Lipinski definition) is 3. The fraction of sp³-hybridized carbons (Fsp3) is 0.400. The van der Waals surface area contributed by atoms with Crippen molar-refractivity contribution in [2.24, 2.45) is 0 Å². The Morgan fingerprint density at radius 1 is 1.35 bits per heavy atom. The zero-order valence-corrected chi connectivity index (χ0v) is 15.9. The maximum atomic E-state index is 11.8. The Hall–Kier alpha value is -2.23. The normalized spacial score (nSPS) is 10.1. The Bertz CT molecular complexity index is 726. The maximum Gasteiger partial charge on any atom is 0.277 e. The predicted molar refractivity (Wildman–Crippen MR) is 99.2 cm³/mol. The fourth-order valence-electron chi connectivity index (χ4n) is 2.09. The molecule has 2 rings (SSSR count). The van der Waals surface area contributed by atoms with Gasteiger partial charge >= 0.3 is 0 Å². The third kappa shape index (κ3) is 5.65. The Morgan fingerprint density at radius 2 is 2.12 bits per heavy atom. The van der Waals surface area contributed by atoms with Gasteiger partial charge in [-0.2, -0.15) is 0 Å². The SMILES string of the molecule is CCOc1c(Cl)cc(CNCCNC(=O)c2nonc2N)cc1OC.Cl. The van der Waals surface area contributed by atoms with Crippen LogP contribution in [-0.2, 0) is 6.54 Å². The topological polar surface area (TPSA) is 125 Å². The molecule has 1 heterocycles. The summed E-state index contributed by atoms with van der Waals surface area (Å²) in [6, 6.07) is 3.66. The van der Waals surface area contributed by atoms with Crippen molar-refractivity contribution in [1.82, 2.24) is 20.9 Å². The number of carbonyl (C=O) groups excluding carboxylic acids is 1. The number of aromatic nitrogens is 2. The molecule has 0 saturated carbocycles. The Kier molecular flexibility index (Phi) is 8.97. The summed E-state index contributed by atoms with van der Waals surface area (Å²) in [5, 5.41) is 13.1. The molecule has 0 bridgehead atoms. The number of benzene rings is 1. The molecule has 11 heteroatoms. The first kappa shape index (κ1) is 21.8. The number of ether oxygens (including phenoxy) is 2. The number of nitrogens with two attached hydrogens (primary N) is 1. The number of rotatable bonds is 9. The van der Waals surface area contributed by atoms with E-state index in [9.17, 15) is 4.79 Å². The summed E-state index contributed by atoms with van der Waals surface area (Å²) >= 11 is 6.22. The first-order valence-electron chi connectivity index (χ1n) is 7.63. The van der Waals surface area contributed by atoms with Crippen LogP contribution in [0.1, 0.15) is 23.0 Å². The highest BCUT2D eigenvalue weighted by Crippen LogP contribution is 2.36. The Morgan fingerprint density at radius 3 is 2.73 bits per heavy atom. The summed E-state index contributed by atoms with van der Waals surface area (Å²) in [7, 11) is 1.56. The van der Waals surface area contributed by atoms with Crippen LogP contribution in [0.4, 0.5) is 5.82 Å². The molecule has 1 aromatic heterocycles. The van der Waals surface area contributed by atoms with Gasteiger partial charge in [0.05, 0.1) is 18.7 Å². The number of anilines is 1. The molecule has 0 aliphatic heterocycles. The van der Waals surface area contributed by atoms with Crippen molar-refractivity contribution in [3.05, 3.63) is 28.4 Å². The molecule has 0 radical (unpaired) electrons. The molecule has 0 saturated heterocycles. The summed E-state index contributed by atoms with van der Waals surface area (Å²) in [6.07, 6.45) is 0. The van der Waals surface area contributed by atoms with E-state index in [-0.39, 0.29) is 23.9 Å². The maximum absolute atomic E-state index is 11.8. The van der Waals surface area contributed by atoms with E-state index in [0.29, 0.717) is 42.8 Å². The minimum atomic E-state index is -0.439. The lowest BCUT2D eigenvalue weighted by Crippen LogP contribution is -2.32. The molecule has 9 nitrogen and oxygen atoms in total. The lowest BCUT2D eigenvalue weighted by Gasteiger charge is -2.13. The molecule has 1 amide bonds. The van der Waals surface area contributed by atoms with Gasteiger partial charge in [0.2, 0.25) is 11.5 Å². The minimum Gasteiger partial charge on any atom is -0.493 e. The first-order chi connectivity index (χ1) is 12.1. The largest absolute Gasteiger partial charge is 0.493 e. The van der Waals surface area contributed by atoms with Gasteiger partial charge in [-0.05, 0) is 34.9 Å². The van der Waals surface area contributed by atoms with Crippen molar-refractivity contribution in [2.45, 2.75) is 13.5 Å². The molecule has 0 spiro atoms. The summed E-state index contributed by atoms with van der Waals surface area (Å²) in [5.41, 5.74) is 6.35. The van der Waals surface area contributed by atoms with Crippen molar-refractivity contribution < 1.29 is 18.9 Å². The average Bonchev–Trinajstić information content (AvgIpc) is 3.02. The average molecular weight is 406 g/mol. The van der Waals surface area contributed by atoms with Crippen LogP contribution in [0.25, 0.3) is 0 Å². The molecular formula is C15H21Cl2N5O4. The third-order valence-corrected chi connectivity index (χ3v) is 3.50. The van der Waals surface area contributed by atoms with E-state index in [0.717, 1.165) is 5.56 Å². The lowest BCUT2D eigenvalue weighted by molar-refractivity contribution is 0.0944. The van der Waals surface area contributed by atoms with E-state index in [1.54, 1.807) is 7.11 Å². The van der Waals surface area contributed by atoms with Gasteiger partial charge in [0.15, 0.2) is 11.5 Å². The molecule has 0 unspecified atom stereocenters. The van der Waals surface area contributed by atoms with Crippen molar-refractivity contribution >= 4 is 35.7 Å². The van der Waals surface area contributed by atoms with Crippen LogP contribution in [0.2, 0.25) is 5.02 Å². The zero-order chi connectivity index (χ0) is 18.2. The molecule has 0 aliphatic carbocycles. The number of nitrogen functional groups attached to an aromatic ring is 1. The molecule has 0 fully saturated rings. The highest BCUT2D eigenvalue weighted by atomic mass is 35.5. The van der Waals surface area contributed by atoms with Crippen LogP contribution < -0.4 is 25.8 Å². The van der Waals surface area contributed by atoms with Gasteiger partial charge in [-0.1, -0.05) is 11.6 Å².